The molecule has 0 unspecified atom stereocenters. The van der Waals surface area contributed by atoms with Crippen LogP contribution < -0.4 is 5.32 Å². The molecule has 148 valence electrons. The van der Waals surface area contributed by atoms with E-state index in [2.05, 4.69) is 26.1 Å². The van der Waals surface area contributed by atoms with E-state index in [-0.39, 0.29) is 17.9 Å². The van der Waals surface area contributed by atoms with Crippen LogP contribution in [0, 0.1) is 0 Å². The van der Waals surface area contributed by atoms with Crippen LogP contribution in [-0.2, 0) is 9.59 Å². The smallest absolute Gasteiger partial charge is 0.241 e. The van der Waals surface area contributed by atoms with Crippen LogP contribution in [0.2, 0.25) is 0 Å². The lowest BCUT2D eigenvalue weighted by atomic mass is 10.0. The van der Waals surface area contributed by atoms with Gasteiger partial charge >= 0.3 is 0 Å². The van der Waals surface area contributed by atoms with Crippen molar-refractivity contribution in [2.75, 3.05) is 32.7 Å². The normalized spacial score (nSPS) is 19.7. The van der Waals surface area contributed by atoms with E-state index in [0.29, 0.717) is 13.0 Å². The maximum Gasteiger partial charge on any atom is 0.241 e. The van der Waals surface area contributed by atoms with Crippen LogP contribution in [0.3, 0.4) is 0 Å². The number of hydrogen-bond donors (Lipinski definition) is 1. The van der Waals surface area contributed by atoms with Gasteiger partial charge in [-0.3, -0.25) is 14.5 Å². The van der Waals surface area contributed by atoms with Crippen molar-refractivity contribution in [1.82, 2.24) is 15.1 Å². The van der Waals surface area contributed by atoms with Crippen LogP contribution in [0.4, 0.5) is 0 Å². The highest BCUT2D eigenvalue weighted by Gasteiger charge is 2.29. The van der Waals surface area contributed by atoms with E-state index >= 15 is 0 Å². The van der Waals surface area contributed by atoms with Gasteiger partial charge in [-0.15, -0.1) is 0 Å². The Hall–Kier alpha value is -1.40. The molecular formula is C21H30BrN3O2. The third-order valence-electron chi connectivity index (χ3n) is 5.49. The second-order valence-corrected chi connectivity index (χ2v) is 8.45. The van der Waals surface area contributed by atoms with Crippen LogP contribution >= 0.6 is 15.9 Å². The number of likely N-dealkylation sites (tertiary alicyclic amines) is 2. The third kappa shape index (κ3) is 5.79. The SMILES string of the molecule is O=C(NCCCN1CCCCCC1=O)[C@H](c1cccc(Br)c1)N1CCCC1. The van der Waals surface area contributed by atoms with Crippen molar-refractivity contribution in [3.8, 4) is 0 Å². The Bertz CT molecular complexity index is 646. The minimum absolute atomic E-state index is 0.0668. The highest BCUT2D eigenvalue weighted by Crippen LogP contribution is 2.27. The lowest BCUT2D eigenvalue weighted by Gasteiger charge is -2.27. The molecule has 0 aromatic heterocycles. The molecule has 2 saturated heterocycles. The summed E-state index contributed by atoms with van der Waals surface area (Å²) in [6.45, 7) is 4.15. The molecule has 0 spiro atoms. The number of halogens is 1. The Labute approximate surface area is 170 Å². The maximum atomic E-state index is 13.0. The molecule has 1 aromatic carbocycles. The number of rotatable bonds is 7. The molecule has 2 fully saturated rings. The van der Waals surface area contributed by atoms with Crippen molar-refractivity contribution in [1.29, 1.82) is 0 Å². The molecule has 0 radical (unpaired) electrons. The number of nitrogens with one attached hydrogen (secondary N) is 1. The summed E-state index contributed by atoms with van der Waals surface area (Å²) in [6, 6.07) is 7.81. The molecule has 1 aromatic rings. The second kappa shape index (κ2) is 10.2. The number of nitrogens with zero attached hydrogens (tertiary/aromatic N) is 2. The summed E-state index contributed by atoms with van der Waals surface area (Å²) in [5.41, 5.74) is 1.03. The number of carbonyl (C=O) groups is 2. The molecule has 27 heavy (non-hydrogen) atoms. The maximum absolute atomic E-state index is 13.0. The van der Waals surface area contributed by atoms with Crippen LogP contribution in [0.25, 0.3) is 0 Å². The number of hydrogen-bond acceptors (Lipinski definition) is 3. The molecule has 0 aliphatic carbocycles. The zero-order valence-corrected chi connectivity index (χ0v) is 17.5. The molecule has 1 N–H and O–H groups in total. The van der Waals surface area contributed by atoms with Crippen LogP contribution in [0.15, 0.2) is 28.7 Å². The van der Waals surface area contributed by atoms with Gasteiger partial charge < -0.3 is 10.2 Å². The number of benzene rings is 1. The molecule has 2 aliphatic rings. The van der Waals surface area contributed by atoms with Gasteiger partial charge in [-0.2, -0.15) is 0 Å². The zero-order valence-electron chi connectivity index (χ0n) is 16.0. The molecule has 2 aliphatic heterocycles. The molecule has 5 nitrogen and oxygen atoms in total. The minimum Gasteiger partial charge on any atom is -0.354 e. The summed E-state index contributed by atoms with van der Waals surface area (Å²) in [4.78, 5) is 29.3. The molecule has 6 heteroatoms. The first-order valence-electron chi connectivity index (χ1n) is 10.2. The van der Waals surface area contributed by atoms with E-state index in [9.17, 15) is 9.59 Å². The van der Waals surface area contributed by atoms with Gasteiger partial charge in [0, 0.05) is 30.5 Å². The summed E-state index contributed by atoms with van der Waals surface area (Å²) < 4.78 is 0.997. The lowest BCUT2D eigenvalue weighted by molar-refractivity contribution is -0.130. The van der Waals surface area contributed by atoms with E-state index in [1.165, 1.54) is 0 Å². The van der Waals surface area contributed by atoms with Gasteiger partial charge in [0.1, 0.15) is 6.04 Å². The van der Waals surface area contributed by atoms with Crippen LogP contribution in [0.1, 0.15) is 56.6 Å². The van der Waals surface area contributed by atoms with Crippen molar-refractivity contribution in [2.45, 2.75) is 51.0 Å². The van der Waals surface area contributed by atoms with Crippen molar-refractivity contribution < 1.29 is 9.59 Å². The highest BCUT2D eigenvalue weighted by molar-refractivity contribution is 9.10. The average Bonchev–Trinajstić information content (AvgIpc) is 3.09. The largest absolute Gasteiger partial charge is 0.354 e. The van der Waals surface area contributed by atoms with Gasteiger partial charge in [-0.1, -0.05) is 34.5 Å². The molecular weight excluding hydrogens is 406 g/mol. The van der Waals surface area contributed by atoms with Gasteiger partial charge in [0.2, 0.25) is 11.8 Å². The summed E-state index contributed by atoms with van der Waals surface area (Å²) in [5, 5.41) is 3.11. The first kappa shape index (κ1) is 20.3. The quantitative estimate of drug-likeness (QED) is 0.666. The lowest BCUT2D eigenvalue weighted by Crippen LogP contribution is -2.40. The summed E-state index contributed by atoms with van der Waals surface area (Å²) in [7, 11) is 0. The van der Waals surface area contributed by atoms with Gasteiger partial charge in [-0.05, 0) is 62.9 Å². The van der Waals surface area contributed by atoms with E-state index in [0.717, 1.165) is 74.7 Å². The average molecular weight is 436 g/mol. The first-order chi connectivity index (χ1) is 13.1. The number of amides is 2. The van der Waals surface area contributed by atoms with E-state index in [1.54, 1.807) is 0 Å². The fraction of sp³-hybridized carbons (Fsp3) is 0.619. The molecule has 3 rings (SSSR count). The second-order valence-electron chi connectivity index (χ2n) is 7.54. The Morgan fingerprint density at radius 1 is 1.11 bits per heavy atom. The Balaban J connectivity index is 1.54. The number of carbonyl (C=O) groups excluding carboxylic acids is 2. The van der Waals surface area contributed by atoms with Crippen molar-refractivity contribution >= 4 is 27.7 Å². The van der Waals surface area contributed by atoms with Crippen LogP contribution in [0.5, 0.6) is 0 Å². The van der Waals surface area contributed by atoms with E-state index in [4.69, 9.17) is 0 Å². The van der Waals surface area contributed by atoms with Gasteiger partial charge in [-0.25, -0.2) is 0 Å². The molecule has 0 saturated carbocycles. The fourth-order valence-corrected chi connectivity index (χ4v) is 4.47. The highest BCUT2D eigenvalue weighted by atomic mass is 79.9. The molecule has 1 atom stereocenters. The van der Waals surface area contributed by atoms with Gasteiger partial charge in [0.15, 0.2) is 0 Å². The van der Waals surface area contributed by atoms with Crippen molar-refractivity contribution in [3.05, 3.63) is 34.3 Å². The Morgan fingerprint density at radius 3 is 2.67 bits per heavy atom. The minimum atomic E-state index is -0.232. The molecule has 0 bridgehead atoms. The van der Waals surface area contributed by atoms with Crippen molar-refractivity contribution in [2.24, 2.45) is 0 Å². The predicted octanol–water partition coefficient (Wildman–Crippen LogP) is 3.49. The van der Waals surface area contributed by atoms with Gasteiger partial charge in [0.05, 0.1) is 0 Å². The molecule has 2 heterocycles. The van der Waals surface area contributed by atoms with Crippen LogP contribution in [-0.4, -0.2) is 54.3 Å². The summed E-state index contributed by atoms with van der Waals surface area (Å²) in [5.74, 6) is 0.333. The van der Waals surface area contributed by atoms with E-state index in [1.807, 2.05) is 29.2 Å². The van der Waals surface area contributed by atoms with Crippen molar-refractivity contribution in [3.63, 3.8) is 0 Å². The van der Waals surface area contributed by atoms with E-state index < -0.39 is 0 Å². The van der Waals surface area contributed by atoms with Gasteiger partial charge in [0.25, 0.3) is 0 Å². The third-order valence-corrected chi connectivity index (χ3v) is 5.99. The first-order valence-corrected chi connectivity index (χ1v) is 11.0. The Morgan fingerprint density at radius 2 is 1.89 bits per heavy atom. The monoisotopic (exact) mass is 435 g/mol. The Kier molecular flexibility index (Phi) is 7.70. The predicted molar refractivity (Wildman–Crippen MR) is 110 cm³/mol. The zero-order chi connectivity index (χ0) is 19.1. The topological polar surface area (TPSA) is 52.7 Å². The summed E-state index contributed by atoms with van der Waals surface area (Å²) in [6.07, 6.45) is 7.02. The standard InChI is InChI=1S/C21H30BrN3O2/c22-18-9-6-8-17(16-18)20(25-13-4-5-14-25)21(27)23-11-7-15-24-12-3-1-2-10-19(24)26/h6,8-9,16,20H,1-5,7,10-15H2,(H,23,27)/t20-/m0/s1. The fourth-order valence-electron chi connectivity index (χ4n) is 4.06. The summed E-state index contributed by atoms with van der Waals surface area (Å²) >= 11 is 3.52. The molecule has 2 amide bonds.